The highest BCUT2D eigenvalue weighted by molar-refractivity contribution is 7.80. The fourth-order valence-electron chi connectivity index (χ4n) is 2.93. The predicted molar refractivity (Wildman–Crippen MR) is 104 cm³/mol. The molecule has 1 amide bonds. The minimum atomic E-state index is -1.13. The monoisotopic (exact) mass is 399 g/mol. The summed E-state index contributed by atoms with van der Waals surface area (Å²) in [4.78, 5) is 25.0. The lowest BCUT2D eigenvalue weighted by Gasteiger charge is -2.23. The van der Waals surface area contributed by atoms with Crippen LogP contribution in [0.2, 0.25) is 0 Å². The van der Waals surface area contributed by atoms with Crippen LogP contribution in [0, 0.1) is 0 Å². The Hall–Kier alpha value is -3.11. The molecule has 2 atom stereocenters. The molecule has 0 saturated heterocycles. The predicted octanol–water partition coefficient (Wildman–Crippen LogP) is 2.62. The Kier molecular flexibility index (Phi) is 4.44. The number of amides is 1. The molecule has 3 N–H and O–H groups in total. The summed E-state index contributed by atoms with van der Waals surface area (Å²) in [5.41, 5.74) is -0.0117. The van der Waals surface area contributed by atoms with Crippen molar-refractivity contribution in [2.45, 2.75) is 18.8 Å². The first-order valence-corrected chi connectivity index (χ1v) is 9.03. The maximum absolute atomic E-state index is 12.4. The SMILES string of the molecule is CC1(CS)OC(n2cnc3c(NC(=O)c4ccccc4)ncnc32)C(O)=C1O. The van der Waals surface area contributed by atoms with Crippen molar-refractivity contribution < 1.29 is 19.7 Å². The Morgan fingerprint density at radius 3 is 2.71 bits per heavy atom. The van der Waals surface area contributed by atoms with Gasteiger partial charge in [0, 0.05) is 11.3 Å². The molecule has 1 aliphatic rings. The second-order valence-corrected chi connectivity index (χ2v) is 6.78. The Balaban J connectivity index is 1.69. The third-order valence-corrected chi connectivity index (χ3v) is 5.13. The number of carbonyl (C=O) groups excluding carboxylic acids is 1. The zero-order valence-electron chi connectivity index (χ0n) is 14.8. The number of ether oxygens (including phenoxy) is 1. The smallest absolute Gasteiger partial charge is 0.256 e. The van der Waals surface area contributed by atoms with Crippen LogP contribution in [-0.2, 0) is 4.74 Å². The number of hydrogen-bond donors (Lipinski definition) is 4. The van der Waals surface area contributed by atoms with Gasteiger partial charge in [0.15, 0.2) is 34.7 Å². The van der Waals surface area contributed by atoms with E-state index in [0.717, 1.165) is 0 Å². The van der Waals surface area contributed by atoms with Crippen LogP contribution in [0.4, 0.5) is 5.82 Å². The molecular formula is C18H17N5O4S. The van der Waals surface area contributed by atoms with Crippen molar-refractivity contribution in [2.75, 3.05) is 11.1 Å². The molecule has 3 heterocycles. The maximum Gasteiger partial charge on any atom is 0.256 e. The minimum Gasteiger partial charge on any atom is -0.506 e. The van der Waals surface area contributed by atoms with Crippen LogP contribution in [0.15, 0.2) is 54.5 Å². The number of anilines is 1. The summed E-state index contributed by atoms with van der Waals surface area (Å²) >= 11 is 4.17. The summed E-state index contributed by atoms with van der Waals surface area (Å²) in [6.45, 7) is 1.62. The van der Waals surface area contributed by atoms with Crippen LogP contribution in [-0.4, -0.2) is 47.0 Å². The van der Waals surface area contributed by atoms with Gasteiger partial charge in [-0.25, -0.2) is 15.0 Å². The molecule has 0 saturated carbocycles. The van der Waals surface area contributed by atoms with E-state index in [1.54, 1.807) is 31.2 Å². The van der Waals surface area contributed by atoms with Crippen molar-refractivity contribution in [3.05, 3.63) is 60.1 Å². The Morgan fingerprint density at radius 1 is 1.29 bits per heavy atom. The van der Waals surface area contributed by atoms with Crippen LogP contribution in [0.3, 0.4) is 0 Å². The van der Waals surface area contributed by atoms with E-state index in [4.69, 9.17) is 4.74 Å². The fraction of sp³-hybridized carbons (Fsp3) is 0.222. The van der Waals surface area contributed by atoms with E-state index >= 15 is 0 Å². The highest BCUT2D eigenvalue weighted by Gasteiger charge is 2.45. The second-order valence-electron chi connectivity index (χ2n) is 6.46. The van der Waals surface area contributed by atoms with E-state index in [9.17, 15) is 15.0 Å². The van der Waals surface area contributed by atoms with Gasteiger partial charge in [0.25, 0.3) is 5.91 Å². The van der Waals surface area contributed by atoms with Crippen LogP contribution in [0.5, 0.6) is 0 Å². The first kappa shape index (κ1) is 18.3. The van der Waals surface area contributed by atoms with Crippen molar-refractivity contribution in [3.63, 3.8) is 0 Å². The van der Waals surface area contributed by atoms with E-state index in [1.165, 1.54) is 17.2 Å². The second kappa shape index (κ2) is 6.80. The number of aliphatic hydroxyl groups is 2. The van der Waals surface area contributed by atoms with E-state index < -0.39 is 11.8 Å². The van der Waals surface area contributed by atoms with Gasteiger partial charge < -0.3 is 20.3 Å². The highest BCUT2D eigenvalue weighted by Crippen LogP contribution is 2.40. The van der Waals surface area contributed by atoms with E-state index in [0.29, 0.717) is 16.7 Å². The molecule has 1 aromatic carbocycles. The van der Waals surface area contributed by atoms with E-state index in [1.807, 2.05) is 6.07 Å². The quantitative estimate of drug-likeness (QED) is 0.497. The summed E-state index contributed by atoms with van der Waals surface area (Å²) in [6, 6.07) is 8.70. The van der Waals surface area contributed by atoms with Gasteiger partial charge in [0.1, 0.15) is 11.9 Å². The zero-order chi connectivity index (χ0) is 19.9. The first-order chi connectivity index (χ1) is 13.4. The van der Waals surface area contributed by atoms with Crippen molar-refractivity contribution in [3.8, 4) is 0 Å². The van der Waals surface area contributed by atoms with Gasteiger partial charge >= 0.3 is 0 Å². The molecule has 28 heavy (non-hydrogen) atoms. The van der Waals surface area contributed by atoms with Gasteiger partial charge in [0.2, 0.25) is 0 Å². The zero-order valence-corrected chi connectivity index (χ0v) is 15.7. The average Bonchev–Trinajstić information content (AvgIpc) is 3.24. The number of carbonyl (C=O) groups is 1. The van der Waals surface area contributed by atoms with Crippen LogP contribution >= 0.6 is 12.6 Å². The van der Waals surface area contributed by atoms with Crippen LogP contribution < -0.4 is 5.32 Å². The molecule has 1 aliphatic heterocycles. The lowest BCUT2D eigenvalue weighted by Crippen LogP contribution is -2.30. The van der Waals surface area contributed by atoms with E-state index in [2.05, 4.69) is 32.9 Å². The Morgan fingerprint density at radius 2 is 2.04 bits per heavy atom. The standard InChI is InChI=1S/C18H17N5O4S/c1-18(7-28)13(25)12(24)17(27-18)23-9-21-11-14(19-8-20-15(11)23)22-16(26)10-5-3-2-4-6-10/h2-6,8-9,17,24-25,28H,7H2,1H3,(H,19,20,22,26). The largest absolute Gasteiger partial charge is 0.506 e. The Bertz CT molecular complexity index is 1080. The summed E-state index contributed by atoms with van der Waals surface area (Å²) in [5.74, 6) is -0.583. The molecule has 10 heteroatoms. The summed E-state index contributed by atoms with van der Waals surface area (Å²) in [6.07, 6.45) is 1.65. The number of thiol groups is 1. The van der Waals surface area contributed by atoms with Gasteiger partial charge in [-0.2, -0.15) is 12.6 Å². The third kappa shape index (κ3) is 2.86. The average molecular weight is 399 g/mol. The topological polar surface area (TPSA) is 122 Å². The van der Waals surface area contributed by atoms with E-state index in [-0.39, 0.29) is 29.0 Å². The number of imidazole rings is 1. The number of hydrogen-bond acceptors (Lipinski definition) is 8. The number of fused-ring (bicyclic) bond motifs is 1. The molecule has 0 bridgehead atoms. The number of nitrogens with zero attached hydrogens (tertiary/aromatic N) is 4. The maximum atomic E-state index is 12.4. The molecule has 0 radical (unpaired) electrons. The number of benzene rings is 1. The minimum absolute atomic E-state index is 0.166. The molecule has 3 aromatic rings. The van der Waals surface area contributed by atoms with Gasteiger partial charge in [-0.1, -0.05) is 18.2 Å². The van der Waals surface area contributed by atoms with Crippen molar-refractivity contribution in [1.82, 2.24) is 19.5 Å². The Labute approximate surface area is 165 Å². The molecule has 9 nitrogen and oxygen atoms in total. The van der Waals surface area contributed by atoms with Crippen LogP contribution in [0.1, 0.15) is 23.5 Å². The summed E-state index contributed by atoms with van der Waals surface area (Å²) in [5, 5.41) is 23.2. The molecular weight excluding hydrogens is 382 g/mol. The van der Waals surface area contributed by atoms with Gasteiger partial charge in [-0.3, -0.25) is 9.36 Å². The van der Waals surface area contributed by atoms with Gasteiger partial charge in [-0.05, 0) is 19.1 Å². The molecule has 4 rings (SSSR count). The molecule has 144 valence electrons. The summed E-state index contributed by atoms with van der Waals surface area (Å²) < 4.78 is 7.24. The lowest BCUT2D eigenvalue weighted by molar-refractivity contribution is -0.0578. The molecule has 2 aromatic heterocycles. The van der Waals surface area contributed by atoms with Crippen molar-refractivity contribution in [2.24, 2.45) is 0 Å². The highest BCUT2D eigenvalue weighted by atomic mass is 32.1. The molecule has 2 unspecified atom stereocenters. The van der Waals surface area contributed by atoms with Crippen LogP contribution in [0.25, 0.3) is 11.2 Å². The lowest BCUT2D eigenvalue weighted by atomic mass is 10.1. The first-order valence-electron chi connectivity index (χ1n) is 8.40. The third-order valence-electron chi connectivity index (χ3n) is 4.53. The number of rotatable bonds is 4. The van der Waals surface area contributed by atoms with Gasteiger partial charge in [-0.15, -0.1) is 0 Å². The molecule has 0 spiro atoms. The van der Waals surface area contributed by atoms with Crippen molar-refractivity contribution in [1.29, 1.82) is 0 Å². The molecule has 0 aliphatic carbocycles. The van der Waals surface area contributed by atoms with Crippen molar-refractivity contribution >= 4 is 35.5 Å². The number of nitrogens with one attached hydrogen (secondary N) is 1. The normalized spacial score (nSPS) is 22.0. The van der Waals surface area contributed by atoms with Gasteiger partial charge in [0.05, 0.1) is 6.33 Å². The number of aromatic nitrogens is 4. The molecule has 0 fully saturated rings. The fourth-order valence-corrected chi connectivity index (χ4v) is 3.16. The summed E-state index contributed by atoms with van der Waals surface area (Å²) in [7, 11) is 0. The number of aliphatic hydroxyl groups excluding tert-OH is 2.